The standard InChI is InChI=1S/C53H42N2S/c1-33-28-50-51(56-33)42-29-35(20-25-47(42)55(50)39-23-24-41-40-18-12-13-19-43(40)52(2,3)44(41)32-39)37-22-27-49-46(31-37)53(4,5)45-30-36(34-14-8-6-9-15-34)21-26-48(45)54(49)38-16-10-7-11-17-38/h6-32H,1-5H3. The lowest BCUT2D eigenvalue weighted by atomic mass is 9.72. The molecule has 2 nitrogen and oxygen atoms in total. The van der Waals surface area contributed by atoms with E-state index in [4.69, 9.17) is 0 Å². The molecule has 0 atom stereocenters. The van der Waals surface area contributed by atoms with Gasteiger partial charge in [-0.15, -0.1) is 11.3 Å². The Morgan fingerprint density at radius 3 is 1.75 bits per heavy atom. The van der Waals surface area contributed by atoms with Crippen LogP contribution in [0.3, 0.4) is 0 Å². The molecule has 3 heterocycles. The summed E-state index contributed by atoms with van der Waals surface area (Å²) in [6.07, 6.45) is 0. The molecule has 56 heavy (non-hydrogen) atoms. The quantitative estimate of drug-likeness (QED) is 0.175. The number of para-hydroxylation sites is 1. The molecule has 3 heteroatoms. The summed E-state index contributed by atoms with van der Waals surface area (Å²) in [6, 6.07) is 61.2. The van der Waals surface area contributed by atoms with Gasteiger partial charge < -0.3 is 9.47 Å². The predicted molar refractivity (Wildman–Crippen MR) is 239 cm³/mol. The first-order chi connectivity index (χ1) is 27.2. The number of benzene rings is 7. The molecule has 11 rings (SSSR count). The molecule has 9 aromatic rings. The first kappa shape index (κ1) is 33.2. The van der Waals surface area contributed by atoms with Crippen molar-refractivity contribution < 1.29 is 0 Å². The third kappa shape index (κ3) is 4.74. The van der Waals surface area contributed by atoms with Gasteiger partial charge in [-0.2, -0.15) is 0 Å². The number of thiophene rings is 1. The van der Waals surface area contributed by atoms with Gasteiger partial charge in [0.1, 0.15) is 0 Å². The van der Waals surface area contributed by atoms with Crippen LogP contribution in [-0.4, -0.2) is 4.57 Å². The fourth-order valence-electron chi connectivity index (χ4n) is 9.77. The average molecular weight is 739 g/mol. The van der Waals surface area contributed by atoms with E-state index in [1.54, 1.807) is 0 Å². The Bertz CT molecular complexity index is 3030. The molecule has 0 N–H and O–H groups in total. The zero-order chi connectivity index (χ0) is 37.9. The van der Waals surface area contributed by atoms with E-state index in [1.807, 2.05) is 11.3 Å². The van der Waals surface area contributed by atoms with Crippen molar-refractivity contribution in [1.82, 2.24) is 4.57 Å². The van der Waals surface area contributed by atoms with Crippen molar-refractivity contribution in [3.05, 3.63) is 191 Å². The lowest BCUT2D eigenvalue weighted by Crippen LogP contribution is -2.30. The molecule has 0 saturated carbocycles. The van der Waals surface area contributed by atoms with Crippen LogP contribution in [0, 0.1) is 6.92 Å². The SMILES string of the molecule is Cc1cc2c(s1)c1cc(-c3ccc4c(c3)C(C)(C)c3cc(-c5ccccc5)ccc3N4c3ccccc3)ccc1n2-c1ccc2c(c1)C(C)(C)c1ccccc1-2. The number of aromatic nitrogens is 1. The van der Waals surface area contributed by atoms with Crippen LogP contribution in [0.2, 0.25) is 0 Å². The number of fused-ring (bicyclic) bond motifs is 8. The van der Waals surface area contributed by atoms with Crippen molar-refractivity contribution in [2.24, 2.45) is 0 Å². The Labute approximate surface area is 332 Å². The van der Waals surface area contributed by atoms with Crippen LogP contribution >= 0.6 is 11.3 Å². The fraction of sp³-hybridized carbons (Fsp3) is 0.132. The Balaban J connectivity index is 1.06. The predicted octanol–water partition coefficient (Wildman–Crippen LogP) is 14.9. The molecule has 2 aromatic heterocycles. The number of hydrogen-bond donors (Lipinski definition) is 0. The van der Waals surface area contributed by atoms with E-state index >= 15 is 0 Å². The van der Waals surface area contributed by atoms with Gasteiger partial charge in [-0.05, 0) is 129 Å². The molecule has 270 valence electrons. The number of rotatable bonds is 4. The van der Waals surface area contributed by atoms with Gasteiger partial charge >= 0.3 is 0 Å². The van der Waals surface area contributed by atoms with E-state index in [0.29, 0.717) is 0 Å². The molecule has 0 spiro atoms. The molecule has 0 amide bonds. The van der Waals surface area contributed by atoms with E-state index in [-0.39, 0.29) is 10.8 Å². The summed E-state index contributed by atoms with van der Waals surface area (Å²) in [5.74, 6) is 0. The molecule has 0 bridgehead atoms. The zero-order valence-electron chi connectivity index (χ0n) is 32.4. The minimum Gasteiger partial charge on any atom is -0.310 e. The highest BCUT2D eigenvalue weighted by Gasteiger charge is 2.38. The maximum Gasteiger partial charge on any atom is 0.0651 e. The van der Waals surface area contributed by atoms with Gasteiger partial charge in [0, 0.05) is 32.5 Å². The number of aryl methyl sites for hydroxylation is 1. The molecular weight excluding hydrogens is 697 g/mol. The first-order valence-corrected chi connectivity index (χ1v) is 20.5. The highest BCUT2D eigenvalue weighted by atomic mass is 32.1. The zero-order valence-corrected chi connectivity index (χ0v) is 33.2. The summed E-state index contributed by atoms with van der Waals surface area (Å²) in [7, 11) is 0. The van der Waals surface area contributed by atoms with Crippen molar-refractivity contribution in [2.45, 2.75) is 45.4 Å². The highest BCUT2D eigenvalue weighted by Crippen LogP contribution is 2.54. The fourth-order valence-corrected chi connectivity index (χ4v) is 10.8. The average Bonchev–Trinajstić information content (AvgIpc) is 3.82. The van der Waals surface area contributed by atoms with Crippen molar-refractivity contribution in [2.75, 3.05) is 4.90 Å². The van der Waals surface area contributed by atoms with Crippen molar-refractivity contribution in [1.29, 1.82) is 0 Å². The van der Waals surface area contributed by atoms with Gasteiger partial charge in [-0.25, -0.2) is 0 Å². The van der Waals surface area contributed by atoms with Crippen LogP contribution in [0.4, 0.5) is 17.1 Å². The van der Waals surface area contributed by atoms with E-state index in [2.05, 4.69) is 208 Å². The Hall–Kier alpha value is -6.16. The highest BCUT2D eigenvalue weighted by molar-refractivity contribution is 7.20. The van der Waals surface area contributed by atoms with Crippen LogP contribution < -0.4 is 4.90 Å². The van der Waals surface area contributed by atoms with E-state index in [1.165, 1.54) is 104 Å². The Morgan fingerprint density at radius 2 is 1.02 bits per heavy atom. The summed E-state index contributed by atoms with van der Waals surface area (Å²) < 4.78 is 3.84. The van der Waals surface area contributed by atoms with Crippen LogP contribution in [0.15, 0.2) is 164 Å². The molecule has 2 aliphatic rings. The summed E-state index contributed by atoms with van der Waals surface area (Å²) in [4.78, 5) is 3.78. The number of nitrogens with zero attached hydrogens (tertiary/aromatic N) is 2. The molecule has 0 radical (unpaired) electrons. The largest absolute Gasteiger partial charge is 0.310 e. The minimum atomic E-state index is -0.233. The second kappa shape index (κ2) is 11.9. The van der Waals surface area contributed by atoms with Gasteiger partial charge in [0.25, 0.3) is 0 Å². The van der Waals surface area contributed by atoms with Crippen LogP contribution in [0.1, 0.15) is 54.8 Å². The van der Waals surface area contributed by atoms with Gasteiger partial charge in [0.15, 0.2) is 0 Å². The van der Waals surface area contributed by atoms with Gasteiger partial charge in [-0.3, -0.25) is 0 Å². The van der Waals surface area contributed by atoms with Crippen molar-refractivity contribution >= 4 is 49.5 Å². The monoisotopic (exact) mass is 738 g/mol. The molecule has 0 fully saturated rings. The third-order valence-electron chi connectivity index (χ3n) is 12.7. The van der Waals surface area contributed by atoms with E-state index in [9.17, 15) is 0 Å². The van der Waals surface area contributed by atoms with E-state index in [0.717, 1.165) is 0 Å². The normalized spacial score (nSPS) is 14.8. The van der Waals surface area contributed by atoms with Gasteiger partial charge in [0.05, 0.1) is 27.1 Å². The molecule has 1 aliphatic heterocycles. The maximum atomic E-state index is 2.49. The topological polar surface area (TPSA) is 8.17 Å². The van der Waals surface area contributed by atoms with Crippen molar-refractivity contribution in [3.8, 4) is 39.1 Å². The molecular formula is C53H42N2S. The third-order valence-corrected chi connectivity index (χ3v) is 13.7. The molecule has 0 unspecified atom stereocenters. The summed E-state index contributed by atoms with van der Waals surface area (Å²) in [6.45, 7) is 11.8. The smallest absolute Gasteiger partial charge is 0.0651 e. The summed E-state index contributed by atoms with van der Waals surface area (Å²) in [5, 5.41) is 1.30. The molecule has 0 saturated heterocycles. The first-order valence-electron chi connectivity index (χ1n) is 19.7. The minimum absolute atomic E-state index is 0.0539. The molecule has 7 aromatic carbocycles. The van der Waals surface area contributed by atoms with E-state index < -0.39 is 0 Å². The second-order valence-corrected chi connectivity index (χ2v) is 17.9. The van der Waals surface area contributed by atoms with Crippen LogP contribution in [-0.2, 0) is 10.8 Å². The van der Waals surface area contributed by atoms with Crippen molar-refractivity contribution in [3.63, 3.8) is 0 Å². The lowest BCUT2D eigenvalue weighted by molar-refractivity contribution is 0.632. The second-order valence-electron chi connectivity index (χ2n) is 16.7. The van der Waals surface area contributed by atoms with Gasteiger partial charge in [-0.1, -0.05) is 125 Å². The Kier molecular flexibility index (Phi) is 7.07. The number of hydrogen-bond acceptors (Lipinski definition) is 2. The van der Waals surface area contributed by atoms with Crippen LogP contribution in [0.5, 0.6) is 0 Å². The summed E-state index contributed by atoms with van der Waals surface area (Å²) in [5.41, 5.74) is 20.2. The molecule has 1 aliphatic carbocycles. The number of anilines is 3. The van der Waals surface area contributed by atoms with Crippen LogP contribution in [0.25, 0.3) is 60.2 Å². The summed E-state index contributed by atoms with van der Waals surface area (Å²) >= 11 is 1.90. The Morgan fingerprint density at radius 1 is 0.429 bits per heavy atom. The van der Waals surface area contributed by atoms with Gasteiger partial charge in [0.2, 0.25) is 0 Å². The lowest BCUT2D eigenvalue weighted by Gasteiger charge is -2.42. The maximum absolute atomic E-state index is 2.49.